The Hall–Kier alpha value is -2.37. The maximum Gasteiger partial charge on any atom is 0.227 e. The molecule has 19 heavy (non-hydrogen) atoms. The van der Waals surface area contributed by atoms with Crippen molar-refractivity contribution in [2.75, 3.05) is 17.7 Å². The van der Waals surface area contributed by atoms with Crippen LogP contribution in [0.15, 0.2) is 30.6 Å². The molecule has 0 saturated heterocycles. The van der Waals surface area contributed by atoms with E-state index in [1.165, 1.54) is 6.33 Å². The van der Waals surface area contributed by atoms with Gasteiger partial charge in [-0.3, -0.25) is 0 Å². The van der Waals surface area contributed by atoms with Gasteiger partial charge in [-0.05, 0) is 31.5 Å². The van der Waals surface area contributed by atoms with E-state index in [1.807, 2.05) is 38.1 Å². The molecule has 1 atom stereocenters. The van der Waals surface area contributed by atoms with E-state index in [-0.39, 0.29) is 12.0 Å². The lowest BCUT2D eigenvalue weighted by Crippen LogP contribution is -2.10. The van der Waals surface area contributed by atoms with Gasteiger partial charge in [-0.15, -0.1) is 0 Å². The van der Waals surface area contributed by atoms with Gasteiger partial charge in [0.1, 0.15) is 12.1 Å². The summed E-state index contributed by atoms with van der Waals surface area (Å²) in [5.41, 5.74) is 6.62. The summed E-state index contributed by atoms with van der Waals surface area (Å²) >= 11 is 0. The van der Waals surface area contributed by atoms with Crippen LogP contribution in [0.2, 0.25) is 0 Å². The Morgan fingerprint density at radius 2 is 2.00 bits per heavy atom. The lowest BCUT2D eigenvalue weighted by Gasteiger charge is -2.14. The van der Waals surface area contributed by atoms with Crippen LogP contribution in [0, 0.1) is 0 Å². The fourth-order valence-electron chi connectivity index (χ4n) is 1.67. The first-order chi connectivity index (χ1) is 9.19. The summed E-state index contributed by atoms with van der Waals surface area (Å²) in [6, 6.07) is 7.97. The topological polar surface area (TPSA) is 86.0 Å². The molecule has 0 aliphatic carbocycles. The van der Waals surface area contributed by atoms with E-state index in [0.717, 1.165) is 11.3 Å². The fourth-order valence-corrected chi connectivity index (χ4v) is 1.67. The molecule has 0 saturated carbocycles. The van der Waals surface area contributed by atoms with Gasteiger partial charge >= 0.3 is 0 Å². The fraction of sp³-hybridized carbons (Fsp3) is 0.308. The molecule has 0 radical (unpaired) electrons. The van der Waals surface area contributed by atoms with E-state index in [2.05, 4.69) is 20.3 Å². The molecule has 2 rings (SSSR count). The van der Waals surface area contributed by atoms with Crippen LogP contribution in [-0.2, 0) is 0 Å². The van der Waals surface area contributed by atoms with Gasteiger partial charge in [0.05, 0.1) is 12.6 Å². The van der Waals surface area contributed by atoms with Crippen LogP contribution in [0.4, 0.5) is 11.9 Å². The van der Waals surface area contributed by atoms with E-state index in [4.69, 9.17) is 10.5 Å². The van der Waals surface area contributed by atoms with Crippen molar-refractivity contribution in [3.8, 4) is 5.75 Å². The van der Waals surface area contributed by atoms with Crippen LogP contribution in [-0.4, -0.2) is 21.6 Å². The highest BCUT2D eigenvalue weighted by Gasteiger charge is 2.07. The van der Waals surface area contributed by atoms with Gasteiger partial charge in [0.15, 0.2) is 0 Å². The van der Waals surface area contributed by atoms with Crippen molar-refractivity contribution in [2.24, 2.45) is 0 Å². The predicted octanol–water partition coefficient (Wildman–Crippen LogP) is 2.03. The summed E-state index contributed by atoms with van der Waals surface area (Å²) in [6.45, 7) is 4.65. The molecule has 2 aromatic rings. The number of benzene rings is 1. The quantitative estimate of drug-likeness (QED) is 0.854. The number of nitrogen functional groups attached to an aromatic ring is 1. The third kappa shape index (κ3) is 3.54. The van der Waals surface area contributed by atoms with Gasteiger partial charge in [0.2, 0.25) is 11.9 Å². The number of anilines is 2. The minimum atomic E-state index is 0.0671. The summed E-state index contributed by atoms with van der Waals surface area (Å²) < 4.78 is 5.40. The van der Waals surface area contributed by atoms with Crippen LogP contribution in [0.25, 0.3) is 0 Å². The third-order valence-electron chi connectivity index (χ3n) is 2.63. The molecule has 0 aliphatic heterocycles. The average Bonchev–Trinajstić information content (AvgIpc) is 2.40. The minimum Gasteiger partial charge on any atom is -0.494 e. The molecule has 0 fully saturated rings. The molecule has 1 unspecified atom stereocenters. The minimum absolute atomic E-state index is 0.0671. The number of ether oxygens (including phenoxy) is 1. The van der Waals surface area contributed by atoms with Crippen molar-refractivity contribution in [1.29, 1.82) is 0 Å². The van der Waals surface area contributed by atoms with E-state index in [0.29, 0.717) is 12.6 Å². The summed E-state index contributed by atoms with van der Waals surface area (Å²) in [7, 11) is 0. The molecule has 0 bridgehead atoms. The highest BCUT2D eigenvalue weighted by molar-refractivity contribution is 5.36. The molecule has 3 N–H and O–H groups in total. The van der Waals surface area contributed by atoms with Gasteiger partial charge in [0, 0.05) is 0 Å². The van der Waals surface area contributed by atoms with Crippen molar-refractivity contribution in [3.05, 3.63) is 36.2 Å². The SMILES string of the molecule is CCOc1ccc(C(C)Nc2ncnc(N)n2)cc1. The van der Waals surface area contributed by atoms with Crippen molar-refractivity contribution >= 4 is 11.9 Å². The first kappa shape index (κ1) is 13.1. The molecule has 1 aromatic carbocycles. The van der Waals surface area contributed by atoms with Crippen LogP contribution in [0.3, 0.4) is 0 Å². The Kier molecular flexibility index (Phi) is 4.12. The molecular formula is C13H17N5O. The normalized spacial score (nSPS) is 11.9. The van der Waals surface area contributed by atoms with Gasteiger partial charge in [0.25, 0.3) is 0 Å². The molecule has 6 nitrogen and oxygen atoms in total. The monoisotopic (exact) mass is 259 g/mol. The third-order valence-corrected chi connectivity index (χ3v) is 2.63. The Balaban J connectivity index is 2.05. The van der Waals surface area contributed by atoms with Crippen LogP contribution >= 0.6 is 0 Å². The average molecular weight is 259 g/mol. The van der Waals surface area contributed by atoms with Gasteiger partial charge in [-0.2, -0.15) is 4.98 Å². The zero-order valence-electron chi connectivity index (χ0n) is 11.0. The van der Waals surface area contributed by atoms with E-state index < -0.39 is 0 Å². The molecule has 0 amide bonds. The molecule has 1 heterocycles. The number of hydrogen-bond acceptors (Lipinski definition) is 6. The molecule has 0 spiro atoms. The van der Waals surface area contributed by atoms with E-state index in [9.17, 15) is 0 Å². The Bertz CT molecular complexity index is 529. The van der Waals surface area contributed by atoms with E-state index >= 15 is 0 Å². The molecule has 0 aliphatic rings. The summed E-state index contributed by atoms with van der Waals surface area (Å²) in [5, 5.41) is 3.17. The van der Waals surface area contributed by atoms with Crippen molar-refractivity contribution in [1.82, 2.24) is 15.0 Å². The molecule has 100 valence electrons. The second-order valence-corrected chi connectivity index (χ2v) is 4.04. The highest BCUT2D eigenvalue weighted by atomic mass is 16.5. The molecular weight excluding hydrogens is 242 g/mol. The van der Waals surface area contributed by atoms with Gasteiger partial charge in [-0.1, -0.05) is 12.1 Å². The van der Waals surface area contributed by atoms with Crippen molar-refractivity contribution < 1.29 is 4.74 Å². The summed E-state index contributed by atoms with van der Waals surface area (Å²) in [4.78, 5) is 11.8. The standard InChI is InChI=1S/C13H17N5O/c1-3-19-11-6-4-10(5-7-11)9(2)17-13-16-8-15-12(14)18-13/h4-9H,3H2,1-2H3,(H3,14,15,16,17,18). The smallest absolute Gasteiger partial charge is 0.227 e. The number of rotatable bonds is 5. The maximum atomic E-state index is 5.51. The summed E-state index contributed by atoms with van der Waals surface area (Å²) in [5.74, 6) is 1.54. The first-order valence-electron chi connectivity index (χ1n) is 6.13. The van der Waals surface area contributed by atoms with Crippen molar-refractivity contribution in [2.45, 2.75) is 19.9 Å². The number of aromatic nitrogens is 3. The highest BCUT2D eigenvalue weighted by Crippen LogP contribution is 2.20. The summed E-state index contributed by atoms with van der Waals surface area (Å²) in [6.07, 6.45) is 1.38. The van der Waals surface area contributed by atoms with E-state index in [1.54, 1.807) is 0 Å². The number of nitrogens with one attached hydrogen (secondary N) is 1. The van der Waals surface area contributed by atoms with Gasteiger partial charge < -0.3 is 15.8 Å². The molecule has 1 aromatic heterocycles. The zero-order chi connectivity index (χ0) is 13.7. The zero-order valence-corrected chi connectivity index (χ0v) is 11.0. The predicted molar refractivity (Wildman–Crippen MR) is 73.9 cm³/mol. The van der Waals surface area contributed by atoms with Crippen LogP contribution in [0.1, 0.15) is 25.5 Å². The maximum absolute atomic E-state index is 5.51. The lowest BCUT2D eigenvalue weighted by molar-refractivity contribution is 0.340. The lowest BCUT2D eigenvalue weighted by atomic mass is 10.1. The van der Waals surface area contributed by atoms with Crippen LogP contribution in [0.5, 0.6) is 5.75 Å². The van der Waals surface area contributed by atoms with Crippen molar-refractivity contribution in [3.63, 3.8) is 0 Å². The van der Waals surface area contributed by atoms with Crippen LogP contribution < -0.4 is 15.8 Å². The first-order valence-corrected chi connectivity index (χ1v) is 6.13. The Morgan fingerprint density at radius 3 is 2.63 bits per heavy atom. The number of nitrogens with two attached hydrogens (primary N) is 1. The Labute approximate surface area is 112 Å². The number of nitrogens with zero attached hydrogens (tertiary/aromatic N) is 3. The van der Waals surface area contributed by atoms with Gasteiger partial charge in [-0.25, -0.2) is 9.97 Å². The second-order valence-electron chi connectivity index (χ2n) is 4.04. The largest absolute Gasteiger partial charge is 0.494 e. The molecule has 6 heteroatoms. The Morgan fingerprint density at radius 1 is 1.26 bits per heavy atom. The number of hydrogen-bond donors (Lipinski definition) is 2. The second kappa shape index (κ2) is 5.99.